The molecule has 0 spiro atoms. The van der Waals surface area contributed by atoms with E-state index in [2.05, 4.69) is 16.6 Å². The smallest absolute Gasteiger partial charge is 0.255 e. The van der Waals surface area contributed by atoms with Gasteiger partial charge in [0.1, 0.15) is 6.04 Å². The largest absolute Gasteiger partial charge is 0.326 e. The molecule has 0 aromatic heterocycles. The minimum Gasteiger partial charge on any atom is -0.326 e. The number of imide groups is 1. The molecule has 1 aromatic rings. The standard InChI is InChI=1S/C20H21N3O4/c1-2-3-4-5-6-17(24)21-14-7-8-15-13(11-14)12-23(20(15)27)16-9-10-18(25)22-19(16)26/h1,7-8,11,16H,3-6,9-10,12H2,(H,21,24)(H,22,25,26). The maximum Gasteiger partial charge on any atom is 0.255 e. The third kappa shape index (κ3) is 4.17. The van der Waals surface area contributed by atoms with Crippen LogP contribution >= 0.6 is 0 Å². The van der Waals surface area contributed by atoms with Gasteiger partial charge in [0.15, 0.2) is 0 Å². The molecule has 7 heteroatoms. The number of anilines is 1. The van der Waals surface area contributed by atoms with Crippen molar-refractivity contribution in [1.29, 1.82) is 0 Å². The highest BCUT2D eigenvalue weighted by atomic mass is 16.2. The highest BCUT2D eigenvalue weighted by Crippen LogP contribution is 2.29. The molecular weight excluding hydrogens is 346 g/mol. The van der Waals surface area contributed by atoms with Crippen LogP contribution in [0.5, 0.6) is 0 Å². The number of fused-ring (bicyclic) bond motifs is 1. The van der Waals surface area contributed by atoms with Gasteiger partial charge in [-0.1, -0.05) is 0 Å². The lowest BCUT2D eigenvalue weighted by Gasteiger charge is -2.29. The first-order valence-corrected chi connectivity index (χ1v) is 9.00. The van der Waals surface area contributed by atoms with Crippen LogP contribution in [-0.4, -0.2) is 34.6 Å². The molecule has 3 rings (SSSR count). The van der Waals surface area contributed by atoms with E-state index in [1.165, 1.54) is 4.90 Å². The monoisotopic (exact) mass is 367 g/mol. The van der Waals surface area contributed by atoms with E-state index in [0.29, 0.717) is 30.5 Å². The molecule has 1 unspecified atom stereocenters. The van der Waals surface area contributed by atoms with Gasteiger partial charge in [0, 0.05) is 37.1 Å². The summed E-state index contributed by atoms with van der Waals surface area (Å²) in [5, 5.41) is 5.11. The predicted molar refractivity (Wildman–Crippen MR) is 98.4 cm³/mol. The lowest BCUT2D eigenvalue weighted by Crippen LogP contribution is -2.52. The number of hydrogen-bond acceptors (Lipinski definition) is 4. The molecule has 0 aliphatic carbocycles. The maximum absolute atomic E-state index is 12.6. The first-order valence-electron chi connectivity index (χ1n) is 9.00. The van der Waals surface area contributed by atoms with Crippen LogP contribution in [0, 0.1) is 12.3 Å². The highest BCUT2D eigenvalue weighted by Gasteiger charge is 2.39. The molecule has 2 heterocycles. The summed E-state index contributed by atoms with van der Waals surface area (Å²) in [5.41, 5.74) is 1.90. The van der Waals surface area contributed by atoms with Gasteiger partial charge in [0.05, 0.1) is 0 Å². The first-order chi connectivity index (χ1) is 13.0. The Balaban J connectivity index is 1.63. The molecule has 27 heavy (non-hydrogen) atoms. The van der Waals surface area contributed by atoms with Crippen molar-refractivity contribution in [2.24, 2.45) is 0 Å². The van der Waals surface area contributed by atoms with Crippen molar-refractivity contribution in [2.45, 2.75) is 51.1 Å². The summed E-state index contributed by atoms with van der Waals surface area (Å²) >= 11 is 0. The van der Waals surface area contributed by atoms with Crippen molar-refractivity contribution in [1.82, 2.24) is 10.2 Å². The fourth-order valence-electron chi connectivity index (χ4n) is 3.39. The Kier molecular flexibility index (Phi) is 5.55. The second kappa shape index (κ2) is 8.04. The summed E-state index contributed by atoms with van der Waals surface area (Å²) in [6.45, 7) is 0.284. The van der Waals surface area contributed by atoms with Crippen LogP contribution in [0.25, 0.3) is 0 Å². The van der Waals surface area contributed by atoms with E-state index in [-0.39, 0.29) is 30.7 Å². The van der Waals surface area contributed by atoms with Crippen LogP contribution in [0.3, 0.4) is 0 Å². The van der Waals surface area contributed by atoms with Crippen molar-refractivity contribution in [3.05, 3.63) is 29.3 Å². The maximum atomic E-state index is 12.6. The van der Waals surface area contributed by atoms with Crippen LogP contribution < -0.4 is 10.6 Å². The van der Waals surface area contributed by atoms with E-state index in [0.717, 1.165) is 18.4 Å². The zero-order valence-electron chi connectivity index (χ0n) is 14.9. The van der Waals surface area contributed by atoms with Gasteiger partial charge in [0.2, 0.25) is 17.7 Å². The average molecular weight is 367 g/mol. The topological polar surface area (TPSA) is 95.6 Å². The fraction of sp³-hybridized carbons (Fsp3) is 0.400. The zero-order chi connectivity index (χ0) is 19.4. The first kappa shape index (κ1) is 18.6. The fourth-order valence-corrected chi connectivity index (χ4v) is 3.39. The molecule has 140 valence electrons. The summed E-state index contributed by atoms with van der Waals surface area (Å²) in [5.74, 6) is 1.47. The Labute approximate surface area is 157 Å². The number of amides is 4. The summed E-state index contributed by atoms with van der Waals surface area (Å²) in [4.78, 5) is 49.5. The molecule has 4 amide bonds. The normalized spacial score (nSPS) is 18.7. The number of unbranched alkanes of at least 4 members (excludes halogenated alkanes) is 2. The van der Waals surface area contributed by atoms with Crippen LogP contribution in [0.15, 0.2) is 18.2 Å². The second-order valence-electron chi connectivity index (χ2n) is 6.73. The second-order valence-corrected chi connectivity index (χ2v) is 6.73. The highest BCUT2D eigenvalue weighted by molar-refractivity contribution is 6.05. The predicted octanol–water partition coefficient (Wildman–Crippen LogP) is 1.58. The van der Waals surface area contributed by atoms with Crippen molar-refractivity contribution in [3.8, 4) is 12.3 Å². The van der Waals surface area contributed by atoms with E-state index in [1.54, 1.807) is 18.2 Å². The van der Waals surface area contributed by atoms with Crippen LogP contribution in [-0.2, 0) is 20.9 Å². The van der Waals surface area contributed by atoms with Crippen molar-refractivity contribution < 1.29 is 19.2 Å². The van der Waals surface area contributed by atoms with Crippen LogP contribution in [0.4, 0.5) is 5.69 Å². The van der Waals surface area contributed by atoms with Crippen molar-refractivity contribution in [2.75, 3.05) is 5.32 Å². The van der Waals surface area contributed by atoms with Gasteiger partial charge >= 0.3 is 0 Å². The Bertz CT molecular complexity index is 840. The molecule has 1 atom stereocenters. The number of carbonyl (C=O) groups excluding carboxylic acids is 4. The molecule has 2 aliphatic heterocycles. The number of nitrogens with one attached hydrogen (secondary N) is 2. The third-order valence-corrected chi connectivity index (χ3v) is 4.78. The SMILES string of the molecule is C#CCCCCC(=O)Nc1ccc2c(c1)CN(C1CCC(=O)NC1=O)C2=O. The van der Waals surface area contributed by atoms with Gasteiger partial charge in [0.25, 0.3) is 5.91 Å². The molecule has 2 aliphatic rings. The molecule has 1 saturated heterocycles. The van der Waals surface area contributed by atoms with Gasteiger partial charge in [-0.3, -0.25) is 24.5 Å². The van der Waals surface area contributed by atoms with Crippen LogP contribution in [0.2, 0.25) is 0 Å². The number of piperidine rings is 1. The van der Waals surface area contributed by atoms with E-state index in [4.69, 9.17) is 6.42 Å². The number of hydrogen-bond donors (Lipinski definition) is 2. The third-order valence-electron chi connectivity index (χ3n) is 4.78. The number of benzene rings is 1. The Hall–Kier alpha value is -3.14. The molecule has 0 radical (unpaired) electrons. The van der Waals surface area contributed by atoms with E-state index in [9.17, 15) is 19.2 Å². The Morgan fingerprint density at radius 1 is 1.30 bits per heavy atom. The Morgan fingerprint density at radius 3 is 2.85 bits per heavy atom. The van der Waals surface area contributed by atoms with Gasteiger partial charge < -0.3 is 10.2 Å². The van der Waals surface area contributed by atoms with Crippen molar-refractivity contribution >= 4 is 29.3 Å². The van der Waals surface area contributed by atoms with Crippen LogP contribution in [0.1, 0.15) is 54.4 Å². The lowest BCUT2D eigenvalue weighted by molar-refractivity contribution is -0.137. The zero-order valence-corrected chi connectivity index (χ0v) is 14.9. The van der Waals surface area contributed by atoms with Gasteiger partial charge in [-0.15, -0.1) is 12.3 Å². The van der Waals surface area contributed by atoms with Gasteiger partial charge in [-0.25, -0.2) is 0 Å². The summed E-state index contributed by atoms with van der Waals surface area (Å²) < 4.78 is 0. The number of nitrogens with zero attached hydrogens (tertiary/aromatic N) is 1. The van der Waals surface area contributed by atoms with E-state index in [1.807, 2.05) is 0 Å². The molecular formula is C20H21N3O4. The molecule has 7 nitrogen and oxygen atoms in total. The van der Waals surface area contributed by atoms with E-state index < -0.39 is 11.9 Å². The molecule has 0 saturated carbocycles. The lowest BCUT2D eigenvalue weighted by atomic mass is 10.0. The summed E-state index contributed by atoms with van der Waals surface area (Å²) in [6, 6.07) is 4.47. The average Bonchev–Trinajstić information content (AvgIpc) is 2.95. The molecule has 2 N–H and O–H groups in total. The van der Waals surface area contributed by atoms with Crippen molar-refractivity contribution in [3.63, 3.8) is 0 Å². The minimum atomic E-state index is -0.642. The molecule has 1 fully saturated rings. The number of carbonyl (C=O) groups is 4. The van der Waals surface area contributed by atoms with Gasteiger partial charge in [-0.2, -0.15) is 0 Å². The Morgan fingerprint density at radius 2 is 2.11 bits per heavy atom. The summed E-state index contributed by atoms with van der Waals surface area (Å²) in [6.07, 6.45) is 8.31. The van der Waals surface area contributed by atoms with E-state index >= 15 is 0 Å². The molecule has 1 aromatic carbocycles. The van der Waals surface area contributed by atoms with Gasteiger partial charge in [-0.05, 0) is 43.0 Å². The molecule has 0 bridgehead atoms. The summed E-state index contributed by atoms with van der Waals surface area (Å²) in [7, 11) is 0. The quantitative estimate of drug-likeness (QED) is 0.453. The minimum absolute atomic E-state index is 0.0988. The number of rotatable bonds is 6. The number of terminal acetylenes is 1.